The number of rotatable bonds is 13. The number of Topliss-reactive ketones (excluding diaryl/α,β-unsaturated/α-hetero) is 1. The van der Waals surface area contributed by atoms with Gasteiger partial charge >= 0.3 is 6.03 Å². The van der Waals surface area contributed by atoms with Crippen molar-refractivity contribution in [3.63, 3.8) is 0 Å². The monoisotopic (exact) mass is 690 g/mol. The summed E-state index contributed by atoms with van der Waals surface area (Å²) in [4.78, 5) is 68.8. The molecule has 0 aromatic carbocycles. The number of amides is 5. The number of urea groups is 1. The first-order valence-corrected chi connectivity index (χ1v) is 18.2. The summed E-state index contributed by atoms with van der Waals surface area (Å²) in [6.45, 7) is 19.5. The maximum Gasteiger partial charge on any atom is 0.315 e. The number of sulfonamides is 1. The molecule has 2 heterocycles. The van der Waals surface area contributed by atoms with Gasteiger partial charge in [-0.2, -0.15) is 4.31 Å². The lowest BCUT2D eigenvalue weighted by Crippen LogP contribution is -2.62. The van der Waals surface area contributed by atoms with Crippen LogP contribution in [0.25, 0.3) is 0 Å². The van der Waals surface area contributed by atoms with Crippen molar-refractivity contribution < 1.29 is 32.4 Å². The predicted octanol–water partition coefficient (Wildman–Crippen LogP) is 1.40. The summed E-state index contributed by atoms with van der Waals surface area (Å²) in [5.41, 5.74) is -1.52. The second kappa shape index (κ2) is 14.6. The molecule has 1 unspecified atom stereocenters. The number of hydrogen-bond donors (Lipinski definition) is 4. The van der Waals surface area contributed by atoms with Crippen molar-refractivity contribution in [3.8, 4) is 12.3 Å². The van der Waals surface area contributed by atoms with E-state index in [1.165, 1.54) is 15.3 Å². The lowest BCUT2D eigenvalue weighted by molar-refractivity contribution is -0.145. The maximum atomic E-state index is 14.3. The fourth-order valence-electron chi connectivity index (χ4n) is 6.76. The molecule has 0 aromatic heterocycles. The number of nitrogens with zero attached hydrogens (tertiary/aromatic N) is 2. The van der Waals surface area contributed by atoms with Gasteiger partial charge in [0.25, 0.3) is 5.91 Å². The number of hydrogen-bond acceptors (Lipinski definition) is 7. The molecule has 3 aliphatic rings. The molecule has 2 aliphatic heterocycles. The highest BCUT2D eigenvalue weighted by molar-refractivity contribution is 7.89. The summed E-state index contributed by atoms with van der Waals surface area (Å²) in [6, 6.07) is -4.36. The minimum absolute atomic E-state index is 0.0232. The van der Waals surface area contributed by atoms with E-state index in [9.17, 15) is 32.4 Å². The van der Waals surface area contributed by atoms with Crippen LogP contribution in [0, 0.1) is 40.4 Å². The average molecular weight is 691 g/mol. The number of nitrogens with one attached hydrogen (secondary N) is 4. The van der Waals surface area contributed by atoms with Gasteiger partial charge in [0.1, 0.15) is 12.1 Å². The fraction of sp³-hybridized carbons (Fsp3) is 0.735. The molecule has 13 nitrogen and oxygen atoms in total. The zero-order chi connectivity index (χ0) is 36.4. The van der Waals surface area contributed by atoms with Crippen molar-refractivity contribution in [2.45, 2.75) is 98.8 Å². The van der Waals surface area contributed by atoms with E-state index < -0.39 is 74.6 Å². The molecule has 48 heavy (non-hydrogen) atoms. The summed E-state index contributed by atoms with van der Waals surface area (Å²) in [5, 5.41) is 10.9. The van der Waals surface area contributed by atoms with E-state index in [4.69, 9.17) is 6.42 Å². The summed E-state index contributed by atoms with van der Waals surface area (Å²) in [5.74, 6) is -0.399. The van der Waals surface area contributed by atoms with Crippen molar-refractivity contribution >= 4 is 39.6 Å². The van der Waals surface area contributed by atoms with Crippen molar-refractivity contribution in [1.29, 1.82) is 0 Å². The van der Waals surface area contributed by atoms with E-state index in [2.05, 4.69) is 33.8 Å². The molecule has 0 spiro atoms. The zero-order valence-corrected chi connectivity index (χ0v) is 30.5. The number of fused-ring (bicyclic) bond motifs is 1. The molecule has 1 saturated carbocycles. The summed E-state index contributed by atoms with van der Waals surface area (Å²) in [7, 11) is -3.40. The molecule has 0 radical (unpaired) electrons. The first kappa shape index (κ1) is 39.0. The molecular formula is C34H54N6O7S. The quantitative estimate of drug-likeness (QED) is 0.128. The molecule has 0 bridgehead atoms. The van der Waals surface area contributed by atoms with Gasteiger partial charge in [0, 0.05) is 38.6 Å². The number of likely N-dealkylation sites (tertiary alicyclic amines) is 1. The molecule has 268 valence electrons. The van der Waals surface area contributed by atoms with Gasteiger partial charge in [-0.25, -0.2) is 13.2 Å². The Hall–Kier alpha value is -3.44. The number of carbonyl (C=O) groups excluding carboxylic acids is 5. The maximum absolute atomic E-state index is 14.3. The van der Waals surface area contributed by atoms with Crippen LogP contribution < -0.4 is 21.3 Å². The Morgan fingerprint density at radius 1 is 1.04 bits per heavy atom. The summed E-state index contributed by atoms with van der Waals surface area (Å²) >= 11 is 0. The first-order valence-electron chi connectivity index (χ1n) is 16.6. The highest BCUT2D eigenvalue weighted by Crippen LogP contribution is 2.65. The van der Waals surface area contributed by atoms with Gasteiger partial charge in [-0.05, 0) is 40.9 Å². The van der Waals surface area contributed by atoms with Crippen molar-refractivity contribution in [3.05, 3.63) is 12.7 Å². The zero-order valence-electron chi connectivity index (χ0n) is 29.6. The van der Waals surface area contributed by atoms with E-state index >= 15 is 0 Å². The smallest absolute Gasteiger partial charge is 0.315 e. The second-order valence-electron chi connectivity index (χ2n) is 15.9. The third-order valence-electron chi connectivity index (χ3n) is 9.93. The van der Waals surface area contributed by atoms with Gasteiger partial charge in [0.2, 0.25) is 27.6 Å². The largest absolute Gasteiger partial charge is 0.346 e. The lowest BCUT2D eigenvalue weighted by Gasteiger charge is -2.39. The Balaban J connectivity index is 1.83. The van der Waals surface area contributed by atoms with Gasteiger partial charge in [-0.15, -0.1) is 18.9 Å². The SMILES string of the molecule is C#CCCC(NC(=O)[C@@H]1[C@@H]2[C@H](CN1C(=O)[C@@H](NC(=O)N[C@H](CN1CCCS1(=O)=O)C(C)(C)C)C(C)(C)C)C2(C)C)C(=O)C(=O)NCC=C. The Labute approximate surface area is 285 Å². The van der Waals surface area contributed by atoms with Gasteiger partial charge in [0.05, 0.1) is 11.8 Å². The molecule has 1 aliphatic carbocycles. The Morgan fingerprint density at radius 3 is 2.21 bits per heavy atom. The summed E-state index contributed by atoms with van der Waals surface area (Å²) in [6.07, 6.45) is 7.56. The molecule has 5 amide bonds. The van der Waals surface area contributed by atoms with Crippen molar-refractivity contribution in [2.75, 3.05) is 31.9 Å². The van der Waals surface area contributed by atoms with Crippen LogP contribution in [0.1, 0.15) is 74.7 Å². The number of carbonyl (C=O) groups is 5. The number of ketones is 1. The number of piperidine rings is 1. The van der Waals surface area contributed by atoms with Crippen LogP contribution in [0.3, 0.4) is 0 Å². The minimum atomic E-state index is -3.40. The second-order valence-corrected chi connectivity index (χ2v) is 18.0. The molecular weight excluding hydrogens is 636 g/mol. The number of terminal acetylenes is 1. The highest BCUT2D eigenvalue weighted by atomic mass is 32.2. The van der Waals surface area contributed by atoms with E-state index in [-0.39, 0.29) is 55.5 Å². The minimum Gasteiger partial charge on any atom is -0.346 e. The van der Waals surface area contributed by atoms with Gasteiger partial charge in [0.15, 0.2) is 0 Å². The van der Waals surface area contributed by atoms with Crippen LogP contribution in [0.15, 0.2) is 12.7 Å². The molecule has 4 N–H and O–H groups in total. The van der Waals surface area contributed by atoms with Crippen LogP contribution in [0.2, 0.25) is 0 Å². The predicted molar refractivity (Wildman–Crippen MR) is 183 cm³/mol. The fourth-order valence-corrected chi connectivity index (χ4v) is 8.29. The van der Waals surface area contributed by atoms with E-state index in [0.29, 0.717) is 13.0 Å². The standard InChI is InChI=1S/C34H54N6O7S/c1-11-13-15-22(26(41)29(43)35-16-12-2)36-28(42)25-24-21(34(24,9)10)19-40(25)30(44)27(33(6,7)8)38-31(45)37-23(32(3,4)5)20-39-17-14-18-48(39,46)47/h1,12,21-25,27H,2,13-20H2,3-10H3,(H,35,43)(H,36,42)(H2,37,38,45)/t21-,22?,23+,24-,25-,27+/m0/s1. The van der Waals surface area contributed by atoms with Gasteiger partial charge in [-0.1, -0.05) is 61.5 Å². The third kappa shape index (κ3) is 8.77. The molecule has 2 saturated heterocycles. The Bertz CT molecular complexity index is 1440. The molecule has 0 aromatic rings. The van der Waals surface area contributed by atoms with Gasteiger partial charge < -0.3 is 26.2 Å². The molecule has 6 atom stereocenters. The normalized spacial score (nSPS) is 24.6. The topological polar surface area (TPSA) is 174 Å². The van der Waals surface area contributed by atoms with Crippen molar-refractivity contribution in [1.82, 2.24) is 30.5 Å². The van der Waals surface area contributed by atoms with Crippen LogP contribution in [-0.2, 0) is 29.2 Å². The first-order chi connectivity index (χ1) is 22.1. The van der Waals surface area contributed by atoms with Crippen molar-refractivity contribution in [2.24, 2.45) is 28.1 Å². The molecule has 3 rings (SSSR count). The van der Waals surface area contributed by atoms with Crippen LogP contribution in [0.5, 0.6) is 0 Å². The molecule has 3 fully saturated rings. The van der Waals surface area contributed by atoms with E-state index in [1.807, 2.05) is 34.6 Å². The van der Waals surface area contributed by atoms with E-state index in [0.717, 1.165) is 0 Å². The van der Waals surface area contributed by atoms with E-state index in [1.54, 1.807) is 20.8 Å². The Kier molecular flexibility index (Phi) is 11.8. The average Bonchev–Trinajstić information content (AvgIpc) is 3.26. The third-order valence-corrected chi connectivity index (χ3v) is 11.9. The van der Waals surface area contributed by atoms with Gasteiger partial charge in [-0.3, -0.25) is 19.2 Å². The van der Waals surface area contributed by atoms with Crippen LogP contribution in [0.4, 0.5) is 4.79 Å². The Morgan fingerprint density at radius 2 is 1.69 bits per heavy atom. The summed E-state index contributed by atoms with van der Waals surface area (Å²) < 4.78 is 26.4. The molecule has 14 heteroatoms. The van der Waals surface area contributed by atoms with Crippen LogP contribution >= 0.6 is 0 Å². The lowest BCUT2D eigenvalue weighted by atomic mass is 9.85. The highest BCUT2D eigenvalue weighted by Gasteiger charge is 2.70. The van der Waals surface area contributed by atoms with Crippen LogP contribution in [-0.4, -0.2) is 103 Å².